The van der Waals surface area contributed by atoms with Gasteiger partial charge in [0.2, 0.25) is 51.0 Å². The Balaban J connectivity index is 1.49. The highest BCUT2D eigenvalue weighted by molar-refractivity contribution is 7.21. The third kappa shape index (κ3) is 8.07. The average Bonchev–Trinajstić information content (AvgIpc) is 1.45. The van der Waals surface area contributed by atoms with Crippen molar-refractivity contribution < 1.29 is 167 Å². The fourth-order valence-electron chi connectivity index (χ4n) is 12.7. The maximum absolute atomic E-state index is 18.3. The zero-order valence-corrected chi connectivity index (χ0v) is 48.9. The molecule has 6 aliphatic rings. The molecule has 0 aliphatic carbocycles. The summed E-state index contributed by atoms with van der Waals surface area (Å²) in [5.41, 5.74) is -81.1. The van der Waals surface area contributed by atoms with Crippen molar-refractivity contribution in [2.24, 2.45) is 20.0 Å². The normalized spacial score (nSPS) is 20.8. The SMILES string of the molecule is C/C(C#N)=C/c1sc2c3n4c(c2c1C(F)(F)F)N=C1c2c(F)c(C(F)(C(F)(F)F)C(F)(F)F)c(C(C)(F)C(F)(F)F)c(F)c2C2=[N+]1C41n4c(c5c(F)c(C(C)(F)C(F)(F)F)c(C(C)(F)C(F)(F)F)c(F)c5c4=N2)=NC2=[N+]1C(=N3)c1c(F)c(C(C)(F)C(F)(F)F)c(C(C)(F)C(F)(F)F)c(F)c12. The van der Waals surface area contributed by atoms with Crippen LogP contribution in [0.25, 0.3) is 26.9 Å². The molecule has 6 aliphatic heterocycles. The number of aliphatic imine (C=N–C) groups is 2. The van der Waals surface area contributed by atoms with Gasteiger partial charge in [-0.2, -0.15) is 120 Å². The van der Waals surface area contributed by atoms with E-state index in [-0.39, 0.29) is 10.6 Å². The van der Waals surface area contributed by atoms with Crippen LogP contribution in [0.2, 0.25) is 0 Å². The van der Waals surface area contributed by atoms with Crippen LogP contribution in [0.4, 0.5) is 170 Å². The van der Waals surface area contributed by atoms with Gasteiger partial charge >= 0.3 is 61.0 Å². The van der Waals surface area contributed by atoms with Gasteiger partial charge in [-0.05, 0) is 47.6 Å². The van der Waals surface area contributed by atoms with Gasteiger partial charge in [-0.15, -0.1) is 20.5 Å². The molecular formula is C54H19F36N9S+2. The van der Waals surface area contributed by atoms with Gasteiger partial charge in [0.25, 0.3) is 23.3 Å². The Kier molecular flexibility index (Phi) is 13.8. The number of rotatable bonds is 7. The molecule has 1 spiro atoms. The Labute approximate surface area is 528 Å². The summed E-state index contributed by atoms with van der Waals surface area (Å²) in [6.45, 7) is -4.54. The third-order valence-corrected chi connectivity index (χ3v) is 18.7. The number of hydrogen-bond acceptors (Lipinski definition) is 6. The van der Waals surface area contributed by atoms with E-state index in [1.165, 1.54) is 6.07 Å². The summed E-state index contributed by atoms with van der Waals surface area (Å²) < 4.78 is 571. The Bertz CT molecular complexity index is 5180. The molecule has 9 heterocycles. The molecule has 3 aromatic heterocycles. The van der Waals surface area contributed by atoms with Crippen molar-refractivity contribution in [2.45, 2.75) is 131 Å². The van der Waals surface area contributed by atoms with Crippen LogP contribution in [-0.4, -0.2) is 84.9 Å². The highest BCUT2D eigenvalue weighted by Crippen LogP contribution is 2.65. The zero-order valence-electron chi connectivity index (χ0n) is 48.1. The van der Waals surface area contributed by atoms with E-state index in [2.05, 4.69) is 20.0 Å². The number of nitrogens with zero attached hydrogens (tertiary/aromatic N) is 9. The fourth-order valence-corrected chi connectivity index (χ4v) is 14.0. The minimum absolute atomic E-state index is 0.227. The van der Waals surface area contributed by atoms with E-state index in [4.69, 9.17) is 0 Å². The standard InChI is InChI=1S/C54H19F36N9S/c1-9(8-91)7-10-18(46(67,68)69)17-31(100-10)39-95-37-14-13(27(57)21(42(4,63)49(76,77)78)22(28(14)58)43(5,64)50(79,80)81)34-92-32-11-12(26(56)20(41(3,62)48(73,74)75)19(25(11)55)40(2,61)47(70,71)72)33-93-35-15-16(36-94-38(17)99(39)54(96(32)33,97(35)36)98(34)37)30(60)24(45(66,52(85,86)87)53(88,89)90)23(29(15)59)44(6,65)51(82,83)84/h7H,1-6H3/q+2/b9-7-. The lowest BCUT2D eigenvalue weighted by molar-refractivity contribution is -0.790. The third-order valence-electron chi connectivity index (χ3n) is 17.5. The predicted octanol–water partition coefficient (Wildman–Crippen LogP) is 17.6. The number of benzene rings is 3. The summed E-state index contributed by atoms with van der Waals surface area (Å²) in [7, 11) is 0. The molecule has 6 atom stereocenters. The minimum atomic E-state index is -8.10. The number of amidine groups is 4. The summed E-state index contributed by atoms with van der Waals surface area (Å²) in [4.78, 5) is 12.8. The molecule has 100 heavy (non-hydrogen) atoms. The van der Waals surface area contributed by atoms with Gasteiger partial charge in [-0.1, -0.05) is 20.0 Å². The number of alkyl halides is 30. The fraction of sp³-hybridized carbons (Fsp3) is 0.389. The molecule has 6 aromatic rings. The van der Waals surface area contributed by atoms with E-state index in [9.17, 15) is 5.26 Å². The van der Waals surface area contributed by atoms with Crippen molar-refractivity contribution >= 4 is 73.2 Å². The lowest BCUT2D eigenvalue weighted by Gasteiger charge is -2.40. The highest BCUT2D eigenvalue weighted by atomic mass is 32.1. The molecule has 12 rings (SSSR count). The van der Waals surface area contributed by atoms with Gasteiger partial charge in [0.15, 0.2) is 0 Å². The molecule has 0 saturated heterocycles. The molecule has 0 fully saturated rings. The van der Waals surface area contributed by atoms with E-state index < -0.39 is 322 Å². The van der Waals surface area contributed by atoms with Crippen molar-refractivity contribution in [3.05, 3.63) is 118 Å². The molecule has 9 nitrogen and oxygen atoms in total. The molecule has 6 unspecified atom stereocenters. The van der Waals surface area contributed by atoms with Crippen molar-refractivity contribution in [1.29, 1.82) is 5.26 Å². The number of aromatic nitrogens is 2. The van der Waals surface area contributed by atoms with Gasteiger partial charge in [0.05, 0.1) is 33.4 Å². The van der Waals surface area contributed by atoms with E-state index in [0.29, 0.717) is 6.92 Å². The number of hydrogen-bond donors (Lipinski definition) is 0. The van der Waals surface area contributed by atoms with E-state index in [1.54, 1.807) is 0 Å². The van der Waals surface area contributed by atoms with Gasteiger partial charge in [-0.3, -0.25) is 0 Å². The van der Waals surface area contributed by atoms with Crippen LogP contribution in [0.3, 0.4) is 0 Å². The molecule has 3 aromatic carbocycles. The maximum atomic E-state index is 18.3. The van der Waals surface area contributed by atoms with Gasteiger partial charge < -0.3 is 0 Å². The summed E-state index contributed by atoms with van der Waals surface area (Å²) in [6.07, 6.45) is -57.6. The number of thiophene rings is 1. The lowest BCUT2D eigenvalue weighted by Crippen LogP contribution is -2.71. The van der Waals surface area contributed by atoms with Crippen LogP contribution in [0.1, 0.15) is 108 Å². The van der Waals surface area contributed by atoms with Gasteiger partial charge in [-0.25, -0.2) is 52.7 Å². The molecule has 0 radical (unpaired) electrons. The van der Waals surface area contributed by atoms with E-state index >= 15 is 158 Å². The quantitative estimate of drug-likeness (QED) is 0.0890. The number of halogens is 36. The summed E-state index contributed by atoms with van der Waals surface area (Å²) in [5, 5.41) is 2.30. The molecule has 0 bridgehead atoms. The Morgan fingerprint density at radius 3 is 1.03 bits per heavy atom. The second-order valence-corrected chi connectivity index (χ2v) is 24.6. The molecule has 0 saturated carbocycles. The van der Waals surface area contributed by atoms with Crippen molar-refractivity contribution in [2.75, 3.05) is 0 Å². The van der Waals surface area contributed by atoms with Crippen molar-refractivity contribution in [1.82, 2.24) is 9.13 Å². The smallest absolute Gasteiger partial charge is 0.229 e. The molecular weight excluding hydrogens is 1490 g/mol. The summed E-state index contributed by atoms with van der Waals surface area (Å²) in [5.74, 6) is -41.0. The lowest BCUT2D eigenvalue weighted by atomic mass is 9.79. The van der Waals surface area contributed by atoms with Gasteiger partial charge in [0, 0.05) is 38.3 Å². The van der Waals surface area contributed by atoms with E-state index in [0.717, 1.165) is 0 Å². The monoisotopic (exact) mass is 1510 g/mol. The summed E-state index contributed by atoms with van der Waals surface area (Å²) >= 11 is -0.498. The Morgan fingerprint density at radius 1 is 0.400 bits per heavy atom. The Hall–Kier alpha value is -8.57. The summed E-state index contributed by atoms with van der Waals surface area (Å²) in [6, 6.07) is 1.29. The first-order chi connectivity index (χ1) is 44.8. The van der Waals surface area contributed by atoms with Crippen LogP contribution in [0.15, 0.2) is 25.5 Å². The second kappa shape index (κ2) is 19.3. The minimum Gasteiger partial charge on any atom is -0.229 e. The van der Waals surface area contributed by atoms with Crippen LogP contribution in [-0.2, 0) is 46.1 Å². The van der Waals surface area contributed by atoms with Gasteiger partial charge in [0.1, 0.15) is 61.9 Å². The largest absolute Gasteiger partial charge is 0.436 e. The molecule has 46 heteroatoms. The predicted molar refractivity (Wildman–Crippen MR) is 263 cm³/mol. The Morgan fingerprint density at radius 2 is 0.710 bits per heavy atom. The van der Waals surface area contributed by atoms with Crippen LogP contribution in [0.5, 0.6) is 0 Å². The first-order valence-electron chi connectivity index (χ1n) is 26.5. The number of allylic oxidation sites excluding steroid dienone is 1. The molecule has 536 valence electrons. The van der Waals surface area contributed by atoms with Crippen molar-refractivity contribution in [3.63, 3.8) is 0 Å². The van der Waals surface area contributed by atoms with Crippen LogP contribution < -0.4 is 11.0 Å². The maximum Gasteiger partial charge on any atom is 0.436 e. The average molecular weight is 1510 g/mol. The molecule has 0 amide bonds. The first kappa shape index (κ1) is 71.3. The van der Waals surface area contributed by atoms with Crippen LogP contribution in [0, 0.1) is 46.2 Å². The first-order valence-corrected chi connectivity index (χ1v) is 27.3. The zero-order chi connectivity index (χ0) is 75.7. The molecule has 0 N–H and O–H groups in total. The topological polar surface area (TPSA) is 89.1 Å². The van der Waals surface area contributed by atoms with Crippen LogP contribution >= 0.6 is 11.3 Å². The van der Waals surface area contributed by atoms with Crippen molar-refractivity contribution in [3.8, 4) is 6.07 Å². The number of nitriles is 1. The number of fused-ring (bicyclic) bond motifs is 12. The second-order valence-electron chi connectivity index (χ2n) is 23.5. The highest BCUT2D eigenvalue weighted by Gasteiger charge is 2.80. The van der Waals surface area contributed by atoms with E-state index in [1.807, 2.05) is 0 Å².